The number of fused-ring (bicyclic) bond motifs is 4. The first kappa shape index (κ1) is 23.5. The van der Waals surface area contributed by atoms with Crippen LogP contribution in [0.15, 0.2) is 59.8 Å². The maximum atomic E-state index is 15.1. The van der Waals surface area contributed by atoms with E-state index >= 15 is 4.39 Å². The summed E-state index contributed by atoms with van der Waals surface area (Å²) in [6.07, 6.45) is -2.41. The molecule has 0 amide bonds. The fraction of sp³-hybridized carbons (Fsp3) is 0.286. The van der Waals surface area contributed by atoms with Gasteiger partial charge in [0.2, 0.25) is 5.88 Å². The van der Waals surface area contributed by atoms with Crippen LogP contribution in [-0.4, -0.2) is 22.6 Å². The minimum atomic E-state index is -4.53. The Hall–Kier alpha value is -3.88. The van der Waals surface area contributed by atoms with Crippen LogP contribution in [0.1, 0.15) is 47.6 Å². The van der Waals surface area contributed by atoms with E-state index in [1.807, 2.05) is 13.8 Å². The monoisotopic (exact) mass is 510 g/mol. The van der Waals surface area contributed by atoms with Crippen LogP contribution in [0.3, 0.4) is 0 Å². The maximum Gasteiger partial charge on any atom is 0.418 e. The van der Waals surface area contributed by atoms with E-state index in [-0.39, 0.29) is 36.2 Å². The van der Waals surface area contributed by atoms with Gasteiger partial charge < -0.3 is 14.7 Å². The second kappa shape index (κ2) is 7.81. The summed E-state index contributed by atoms with van der Waals surface area (Å²) >= 11 is 0. The van der Waals surface area contributed by atoms with Crippen LogP contribution in [-0.2, 0) is 29.4 Å². The van der Waals surface area contributed by atoms with Crippen molar-refractivity contribution in [2.75, 3.05) is 11.4 Å². The number of allylic oxidation sites excluding steroid dienone is 1. The van der Waals surface area contributed by atoms with E-state index in [4.69, 9.17) is 4.74 Å². The number of carboxylic acid groups (broad SMARTS) is 1. The highest BCUT2D eigenvalue weighted by atomic mass is 19.4. The molecule has 37 heavy (non-hydrogen) atoms. The molecule has 1 aromatic heterocycles. The van der Waals surface area contributed by atoms with Gasteiger partial charge >= 0.3 is 12.1 Å². The normalized spacial score (nSPS) is 19.0. The molecule has 5 nitrogen and oxygen atoms in total. The molecule has 1 aliphatic heterocycles. The molecular formula is C28H22F4N2O3. The number of carboxylic acids is 1. The minimum Gasteiger partial charge on any atom is -0.478 e. The van der Waals surface area contributed by atoms with Crippen molar-refractivity contribution >= 4 is 17.3 Å². The zero-order chi connectivity index (χ0) is 26.3. The van der Waals surface area contributed by atoms with Gasteiger partial charge in [-0.05, 0) is 52.9 Å². The Morgan fingerprint density at radius 1 is 1.19 bits per heavy atom. The first-order valence-electron chi connectivity index (χ1n) is 11.8. The topological polar surface area (TPSA) is 62.7 Å². The van der Waals surface area contributed by atoms with Crippen molar-refractivity contribution in [3.05, 3.63) is 93.4 Å². The SMILES string of the molecule is CC1(C)CN(c2ccccc2C(F)(F)F)c2cc(COc3cc4c(cn3)[C@H]3C(=C3C(=O)O)C4)c(F)cc21. The van der Waals surface area contributed by atoms with Gasteiger partial charge in [0.25, 0.3) is 0 Å². The van der Waals surface area contributed by atoms with Crippen LogP contribution in [0.5, 0.6) is 5.88 Å². The molecule has 0 radical (unpaired) electrons. The van der Waals surface area contributed by atoms with E-state index in [0.717, 1.165) is 22.8 Å². The van der Waals surface area contributed by atoms with Gasteiger partial charge in [0.05, 0.1) is 11.3 Å². The standard InChI is InChI=1S/C28H22F4N2O3/c1-27(2)13-34(21-6-4-3-5-18(21)28(30,31)32)22-8-15(20(29)10-19(22)27)12-37-23-9-14-7-16-24(17(14)11-33-23)25(16)26(35)36/h3-6,8-11,24H,7,12-13H2,1-2H3,(H,35,36)/t24-/m1/s1. The van der Waals surface area contributed by atoms with Crippen LogP contribution in [0.2, 0.25) is 0 Å². The average Bonchev–Trinajstić information content (AvgIpc) is 3.33. The van der Waals surface area contributed by atoms with E-state index in [1.54, 1.807) is 29.3 Å². The molecule has 3 aromatic rings. The Labute approximate surface area is 210 Å². The third-order valence-electron chi connectivity index (χ3n) is 7.44. The molecule has 0 fully saturated rings. The predicted molar refractivity (Wildman–Crippen MR) is 128 cm³/mol. The molecular weight excluding hydrogens is 488 g/mol. The number of rotatable bonds is 5. The summed E-state index contributed by atoms with van der Waals surface area (Å²) in [7, 11) is 0. The van der Waals surface area contributed by atoms with E-state index in [1.165, 1.54) is 18.2 Å². The lowest BCUT2D eigenvalue weighted by Gasteiger charge is -2.25. The van der Waals surface area contributed by atoms with E-state index in [9.17, 15) is 23.1 Å². The third-order valence-corrected chi connectivity index (χ3v) is 7.44. The molecule has 9 heteroatoms. The Morgan fingerprint density at radius 3 is 2.68 bits per heavy atom. The molecule has 0 spiro atoms. The van der Waals surface area contributed by atoms with Crippen molar-refractivity contribution in [3.63, 3.8) is 0 Å². The van der Waals surface area contributed by atoms with Crippen LogP contribution >= 0.6 is 0 Å². The van der Waals surface area contributed by atoms with Gasteiger partial charge in [0.1, 0.15) is 12.4 Å². The number of halogens is 4. The predicted octanol–water partition coefficient (Wildman–Crippen LogP) is 6.28. The number of hydrogen-bond donors (Lipinski definition) is 1. The van der Waals surface area contributed by atoms with Gasteiger partial charge in [-0.1, -0.05) is 26.0 Å². The summed E-state index contributed by atoms with van der Waals surface area (Å²) in [5, 5.41) is 9.22. The number of hydrogen-bond acceptors (Lipinski definition) is 4. The zero-order valence-electron chi connectivity index (χ0n) is 20.0. The number of para-hydroxylation sites is 1. The molecule has 1 N–H and O–H groups in total. The largest absolute Gasteiger partial charge is 0.478 e. The summed E-state index contributed by atoms with van der Waals surface area (Å²) in [6, 6.07) is 10.1. The van der Waals surface area contributed by atoms with Gasteiger partial charge in [-0.25, -0.2) is 14.2 Å². The van der Waals surface area contributed by atoms with Crippen LogP contribution in [0.4, 0.5) is 28.9 Å². The fourth-order valence-electron chi connectivity index (χ4n) is 5.61. The van der Waals surface area contributed by atoms with Crippen molar-refractivity contribution in [1.29, 1.82) is 0 Å². The van der Waals surface area contributed by atoms with Crippen molar-refractivity contribution in [2.24, 2.45) is 0 Å². The lowest BCUT2D eigenvalue weighted by molar-refractivity contribution is -0.137. The number of alkyl halides is 3. The molecule has 190 valence electrons. The van der Waals surface area contributed by atoms with Gasteiger partial charge in [0, 0.05) is 47.0 Å². The van der Waals surface area contributed by atoms with Gasteiger partial charge in [-0.3, -0.25) is 0 Å². The first-order valence-corrected chi connectivity index (χ1v) is 11.8. The molecule has 0 saturated heterocycles. The summed E-state index contributed by atoms with van der Waals surface area (Å²) in [5.41, 5.74) is 3.14. The Morgan fingerprint density at radius 2 is 1.95 bits per heavy atom. The highest BCUT2D eigenvalue weighted by Gasteiger charge is 2.48. The molecule has 0 unspecified atom stereocenters. The van der Waals surface area contributed by atoms with E-state index in [0.29, 0.717) is 23.2 Å². The molecule has 0 bridgehead atoms. The second-order valence-electron chi connectivity index (χ2n) is 10.3. The number of anilines is 2. The molecule has 2 aromatic carbocycles. The third kappa shape index (κ3) is 3.75. The van der Waals surface area contributed by atoms with Gasteiger partial charge in [0.15, 0.2) is 0 Å². The second-order valence-corrected chi connectivity index (χ2v) is 10.3. The number of aliphatic carboxylic acids is 1. The highest BCUT2D eigenvalue weighted by molar-refractivity contribution is 5.98. The number of benzene rings is 2. The fourth-order valence-corrected chi connectivity index (χ4v) is 5.61. The number of aromatic nitrogens is 1. The number of nitrogens with zero attached hydrogens (tertiary/aromatic N) is 2. The molecule has 0 saturated carbocycles. The van der Waals surface area contributed by atoms with E-state index < -0.39 is 28.9 Å². The van der Waals surface area contributed by atoms with Crippen molar-refractivity contribution in [2.45, 2.75) is 44.4 Å². The van der Waals surface area contributed by atoms with Crippen LogP contribution in [0.25, 0.3) is 0 Å². The van der Waals surface area contributed by atoms with E-state index in [2.05, 4.69) is 4.98 Å². The van der Waals surface area contributed by atoms with Crippen molar-refractivity contribution in [1.82, 2.24) is 4.98 Å². The molecule has 6 rings (SSSR count). The van der Waals surface area contributed by atoms with Gasteiger partial charge in [-0.2, -0.15) is 13.2 Å². The summed E-state index contributed by atoms with van der Waals surface area (Å²) in [5.74, 6) is -1.31. The van der Waals surface area contributed by atoms with Crippen LogP contribution in [0, 0.1) is 5.82 Å². The maximum absolute atomic E-state index is 15.1. The van der Waals surface area contributed by atoms with Crippen LogP contribution < -0.4 is 9.64 Å². The highest BCUT2D eigenvalue weighted by Crippen LogP contribution is 2.56. The van der Waals surface area contributed by atoms with Crippen molar-refractivity contribution in [3.8, 4) is 5.88 Å². The average molecular weight is 510 g/mol. The smallest absolute Gasteiger partial charge is 0.418 e. The molecule has 1 atom stereocenters. The summed E-state index contributed by atoms with van der Waals surface area (Å²) in [6.45, 7) is 3.86. The quantitative estimate of drug-likeness (QED) is 0.409. The lowest BCUT2D eigenvalue weighted by atomic mass is 9.86. The summed E-state index contributed by atoms with van der Waals surface area (Å²) < 4.78 is 62.2. The minimum absolute atomic E-state index is 0.0224. The molecule has 2 aliphatic carbocycles. The van der Waals surface area contributed by atoms with Gasteiger partial charge in [-0.15, -0.1) is 0 Å². The first-order chi connectivity index (χ1) is 17.5. The lowest BCUT2D eigenvalue weighted by Crippen LogP contribution is -2.26. The zero-order valence-corrected chi connectivity index (χ0v) is 20.0. The number of carbonyl (C=O) groups is 1. The molecule has 3 aliphatic rings. The summed E-state index contributed by atoms with van der Waals surface area (Å²) in [4.78, 5) is 17.1. The number of pyridine rings is 1. The Balaban J connectivity index is 1.28. The van der Waals surface area contributed by atoms with Crippen molar-refractivity contribution < 1.29 is 32.2 Å². The number of ether oxygens (including phenoxy) is 1. The Bertz CT molecular complexity index is 1510. The molecule has 2 heterocycles. The Kier molecular flexibility index (Phi) is 4.96.